The van der Waals surface area contributed by atoms with Gasteiger partial charge in [0.15, 0.2) is 5.16 Å². The maximum Gasteiger partial charge on any atom is 0.262 e. The lowest BCUT2D eigenvalue weighted by atomic mass is 10.2. The van der Waals surface area contributed by atoms with E-state index >= 15 is 0 Å². The summed E-state index contributed by atoms with van der Waals surface area (Å²) < 4.78 is 3.70. The molecular weight excluding hydrogens is 354 g/mol. The minimum atomic E-state index is -0.0102. The molecule has 0 saturated carbocycles. The fraction of sp³-hybridized carbons (Fsp3) is 0.294. The number of aromatic nitrogens is 5. The minimum Gasteiger partial charge on any atom is -0.276 e. The quantitative estimate of drug-likeness (QED) is 0.502. The highest BCUT2D eigenvalue weighted by atomic mass is 32.2. The van der Waals surface area contributed by atoms with Gasteiger partial charge < -0.3 is 0 Å². The van der Waals surface area contributed by atoms with Crippen LogP contribution in [0.1, 0.15) is 24.0 Å². The predicted molar refractivity (Wildman–Crippen MR) is 101 cm³/mol. The van der Waals surface area contributed by atoms with Crippen LogP contribution in [-0.2, 0) is 12.3 Å². The highest BCUT2D eigenvalue weighted by Crippen LogP contribution is 2.25. The van der Waals surface area contributed by atoms with Crippen molar-refractivity contribution >= 4 is 39.8 Å². The van der Waals surface area contributed by atoms with E-state index in [0.717, 1.165) is 33.5 Å². The van der Waals surface area contributed by atoms with Gasteiger partial charge in [-0.25, -0.2) is 4.98 Å². The van der Waals surface area contributed by atoms with Crippen LogP contribution in [-0.4, -0.2) is 24.1 Å². The molecule has 4 aromatic rings. The molecule has 0 spiro atoms. The summed E-state index contributed by atoms with van der Waals surface area (Å²) in [6.07, 6.45) is 0.862. The normalized spacial score (nSPS) is 11.6. The van der Waals surface area contributed by atoms with Gasteiger partial charge in [-0.2, -0.15) is 0 Å². The van der Waals surface area contributed by atoms with Crippen LogP contribution in [0.3, 0.4) is 0 Å². The van der Waals surface area contributed by atoms with E-state index in [9.17, 15) is 4.79 Å². The molecular formula is C17H17N5OS2. The van der Waals surface area contributed by atoms with E-state index in [-0.39, 0.29) is 5.56 Å². The molecule has 0 aliphatic heterocycles. The lowest BCUT2D eigenvalue weighted by Crippen LogP contribution is -2.23. The molecule has 3 heterocycles. The first kappa shape index (κ1) is 16.3. The summed E-state index contributed by atoms with van der Waals surface area (Å²) in [5, 5.41) is 13.2. The molecule has 0 radical (unpaired) electrons. The lowest BCUT2D eigenvalue weighted by molar-refractivity contribution is 0.662. The molecule has 6 nitrogen and oxygen atoms in total. The first-order chi connectivity index (χ1) is 12.2. The van der Waals surface area contributed by atoms with Crippen LogP contribution in [0, 0.1) is 6.92 Å². The van der Waals surface area contributed by atoms with Gasteiger partial charge in [0.2, 0.25) is 5.78 Å². The Hall–Kier alpha value is -2.19. The third-order valence-electron chi connectivity index (χ3n) is 3.94. The number of thioether (sulfide) groups is 1. The maximum absolute atomic E-state index is 12.8. The number of fused-ring (bicyclic) bond motifs is 3. The molecule has 0 bridgehead atoms. The number of thiazole rings is 1. The van der Waals surface area contributed by atoms with Gasteiger partial charge >= 0.3 is 0 Å². The Kier molecular flexibility index (Phi) is 4.30. The number of aryl methyl sites for hydroxylation is 2. The van der Waals surface area contributed by atoms with Gasteiger partial charge in [-0.1, -0.05) is 30.8 Å². The van der Waals surface area contributed by atoms with Crippen molar-refractivity contribution in [3.8, 4) is 0 Å². The summed E-state index contributed by atoms with van der Waals surface area (Å²) in [6, 6.07) is 7.63. The molecule has 0 fully saturated rings. The van der Waals surface area contributed by atoms with Gasteiger partial charge in [0.25, 0.3) is 5.56 Å². The minimum absolute atomic E-state index is 0.0102. The average molecular weight is 371 g/mol. The Morgan fingerprint density at radius 2 is 2.08 bits per heavy atom. The zero-order chi connectivity index (χ0) is 17.4. The average Bonchev–Trinajstić information content (AvgIpc) is 3.23. The molecule has 0 aliphatic rings. The van der Waals surface area contributed by atoms with Gasteiger partial charge in [0.05, 0.1) is 21.6 Å². The molecule has 0 amide bonds. The van der Waals surface area contributed by atoms with Crippen molar-refractivity contribution in [2.45, 2.75) is 37.7 Å². The molecule has 3 aromatic heterocycles. The zero-order valence-corrected chi connectivity index (χ0v) is 15.6. The molecule has 0 aliphatic carbocycles. The van der Waals surface area contributed by atoms with E-state index in [2.05, 4.69) is 27.5 Å². The van der Waals surface area contributed by atoms with E-state index in [1.54, 1.807) is 27.7 Å². The zero-order valence-electron chi connectivity index (χ0n) is 14.0. The lowest BCUT2D eigenvalue weighted by Gasteiger charge is -2.10. The summed E-state index contributed by atoms with van der Waals surface area (Å²) in [4.78, 5) is 17.3. The number of benzene rings is 1. The van der Waals surface area contributed by atoms with Crippen LogP contribution < -0.4 is 5.56 Å². The maximum atomic E-state index is 12.8. The Balaban J connectivity index is 1.87. The molecule has 1 aromatic carbocycles. The molecule has 25 heavy (non-hydrogen) atoms. The standard InChI is InChI=1S/C17H17N5OS2/c1-3-8-21-15(23)13-6-4-5-7-14(13)22-16(21)19-20-17(22)25-10-12-9-24-11(2)18-12/h4-7,9H,3,8,10H2,1-2H3. The number of hydrogen-bond donors (Lipinski definition) is 0. The molecule has 8 heteroatoms. The number of hydrogen-bond acceptors (Lipinski definition) is 6. The topological polar surface area (TPSA) is 65.1 Å². The number of para-hydroxylation sites is 1. The van der Waals surface area contributed by atoms with Crippen molar-refractivity contribution in [3.05, 3.63) is 50.7 Å². The van der Waals surface area contributed by atoms with Crippen LogP contribution in [0.2, 0.25) is 0 Å². The second-order valence-corrected chi connectivity index (χ2v) is 7.74. The SMILES string of the molecule is CCCn1c(=O)c2ccccc2n2c(SCc3csc(C)n3)nnc12. The van der Waals surface area contributed by atoms with Crippen LogP contribution in [0.15, 0.2) is 39.6 Å². The van der Waals surface area contributed by atoms with Gasteiger partial charge in [0.1, 0.15) is 0 Å². The van der Waals surface area contributed by atoms with Crippen LogP contribution in [0.25, 0.3) is 16.7 Å². The van der Waals surface area contributed by atoms with Crippen LogP contribution in [0.5, 0.6) is 0 Å². The molecule has 128 valence electrons. The summed E-state index contributed by atoms with van der Waals surface area (Å²) in [5.74, 6) is 1.33. The smallest absolute Gasteiger partial charge is 0.262 e. The van der Waals surface area contributed by atoms with Crippen molar-refractivity contribution in [3.63, 3.8) is 0 Å². The summed E-state index contributed by atoms with van der Waals surface area (Å²) in [7, 11) is 0. The van der Waals surface area contributed by atoms with Crippen LogP contribution in [0.4, 0.5) is 0 Å². The molecule has 0 saturated heterocycles. The molecule has 0 atom stereocenters. The van der Waals surface area contributed by atoms with Crippen molar-refractivity contribution < 1.29 is 0 Å². The van der Waals surface area contributed by atoms with Gasteiger partial charge in [-0.3, -0.25) is 13.8 Å². The van der Waals surface area contributed by atoms with Gasteiger partial charge in [0, 0.05) is 17.7 Å². The van der Waals surface area contributed by atoms with E-state index < -0.39 is 0 Å². The largest absolute Gasteiger partial charge is 0.276 e. The van der Waals surface area contributed by atoms with E-state index in [0.29, 0.717) is 17.7 Å². The highest BCUT2D eigenvalue weighted by Gasteiger charge is 2.16. The third-order valence-corrected chi connectivity index (χ3v) is 5.73. The van der Waals surface area contributed by atoms with Gasteiger partial charge in [-0.15, -0.1) is 21.5 Å². The Bertz CT molecular complexity index is 1110. The first-order valence-corrected chi connectivity index (χ1v) is 9.96. The molecule has 0 unspecified atom stereocenters. The number of nitrogens with zero attached hydrogens (tertiary/aromatic N) is 5. The second kappa shape index (κ2) is 6.61. The van der Waals surface area contributed by atoms with E-state index in [1.807, 2.05) is 35.6 Å². The highest BCUT2D eigenvalue weighted by molar-refractivity contribution is 7.98. The Morgan fingerprint density at radius 3 is 2.84 bits per heavy atom. The fourth-order valence-electron chi connectivity index (χ4n) is 2.87. The first-order valence-electron chi connectivity index (χ1n) is 8.09. The van der Waals surface area contributed by atoms with E-state index in [1.165, 1.54) is 0 Å². The number of rotatable bonds is 5. The van der Waals surface area contributed by atoms with Crippen molar-refractivity contribution in [1.82, 2.24) is 24.1 Å². The van der Waals surface area contributed by atoms with Crippen molar-refractivity contribution in [1.29, 1.82) is 0 Å². The summed E-state index contributed by atoms with van der Waals surface area (Å²) >= 11 is 3.23. The monoisotopic (exact) mass is 371 g/mol. The Morgan fingerprint density at radius 1 is 1.24 bits per heavy atom. The fourth-order valence-corrected chi connectivity index (χ4v) is 4.42. The third kappa shape index (κ3) is 2.85. The second-order valence-electron chi connectivity index (χ2n) is 5.74. The van der Waals surface area contributed by atoms with Gasteiger partial charge in [-0.05, 0) is 25.5 Å². The summed E-state index contributed by atoms with van der Waals surface area (Å²) in [6.45, 7) is 4.68. The van der Waals surface area contributed by atoms with Crippen molar-refractivity contribution in [2.75, 3.05) is 0 Å². The van der Waals surface area contributed by atoms with Crippen molar-refractivity contribution in [2.24, 2.45) is 0 Å². The predicted octanol–water partition coefficient (Wildman–Crippen LogP) is 3.51. The molecule has 0 N–H and O–H groups in total. The van der Waals surface area contributed by atoms with Crippen LogP contribution >= 0.6 is 23.1 Å². The summed E-state index contributed by atoms with van der Waals surface area (Å²) in [5.41, 5.74) is 1.87. The Labute approximate surface area is 152 Å². The van der Waals surface area contributed by atoms with E-state index in [4.69, 9.17) is 0 Å². The molecule has 4 rings (SSSR count).